The number of rotatable bonds is 4. The fraction of sp³-hybridized carbons (Fsp3) is 0.933. The fourth-order valence-electron chi connectivity index (χ4n) is 3.61. The maximum atomic E-state index is 12.8. The van der Waals surface area contributed by atoms with Crippen LogP contribution in [0, 0.1) is 5.41 Å². The molecule has 2 aliphatic rings. The standard InChI is InChI=1S/C15H26BrNO/c1-15(9-3-2-4-10-15)14(18)17-12-6-8-13(17)7-5-11-16/h13H,2-12H2,1H3. The van der Waals surface area contributed by atoms with Gasteiger partial charge < -0.3 is 4.90 Å². The molecule has 2 rings (SSSR count). The quantitative estimate of drug-likeness (QED) is 0.714. The highest BCUT2D eigenvalue weighted by Crippen LogP contribution is 2.39. The largest absolute Gasteiger partial charge is 0.339 e. The van der Waals surface area contributed by atoms with Crippen molar-refractivity contribution >= 4 is 21.8 Å². The van der Waals surface area contributed by atoms with Crippen molar-refractivity contribution in [2.75, 3.05) is 11.9 Å². The Morgan fingerprint density at radius 1 is 1.28 bits per heavy atom. The van der Waals surface area contributed by atoms with Gasteiger partial charge in [0.2, 0.25) is 5.91 Å². The zero-order valence-corrected chi connectivity index (χ0v) is 13.2. The van der Waals surface area contributed by atoms with E-state index in [1.807, 2.05) is 0 Å². The Morgan fingerprint density at radius 3 is 2.67 bits per heavy atom. The van der Waals surface area contributed by atoms with E-state index >= 15 is 0 Å². The summed E-state index contributed by atoms with van der Waals surface area (Å²) in [5, 5.41) is 1.06. The van der Waals surface area contributed by atoms with E-state index in [1.165, 1.54) is 44.9 Å². The summed E-state index contributed by atoms with van der Waals surface area (Å²) < 4.78 is 0. The summed E-state index contributed by atoms with van der Waals surface area (Å²) in [4.78, 5) is 15.0. The first-order valence-electron chi connectivity index (χ1n) is 7.54. The van der Waals surface area contributed by atoms with Crippen LogP contribution in [0.2, 0.25) is 0 Å². The second-order valence-electron chi connectivity index (χ2n) is 6.25. The average Bonchev–Trinajstić information content (AvgIpc) is 2.84. The fourth-order valence-corrected chi connectivity index (χ4v) is 3.93. The summed E-state index contributed by atoms with van der Waals surface area (Å²) in [6, 6.07) is 0.522. The van der Waals surface area contributed by atoms with Crippen molar-refractivity contribution in [3.63, 3.8) is 0 Å². The van der Waals surface area contributed by atoms with Gasteiger partial charge in [-0.1, -0.05) is 42.1 Å². The van der Waals surface area contributed by atoms with Gasteiger partial charge in [-0.3, -0.25) is 4.79 Å². The molecule has 0 radical (unpaired) electrons. The molecule has 1 saturated heterocycles. The van der Waals surface area contributed by atoms with Crippen LogP contribution in [0.3, 0.4) is 0 Å². The van der Waals surface area contributed by atoms with E-state index in [0.29, 0.717) is 11.9 Å². The summed E-state index contributed by atoms with van der Waals surface area (Å²) in [7, 11) is 0. The Morgan fingerprint density at radius 2 is 2.00 bits per heavy atom. The zero-order valence-electron chi connectivity index (χ0n) is 11.6. The van der Waals surface area contributed by atoms with Crippen LogP contribution in [0.1, 0.15) is 64.7 Å². The van der Waals surface area contributed by atoms with Gasteiger partial charge in [-0.15, -0.1) is 0 Å². The number of alkyl halides is 1. The minimum atomic E-state index is -0.0464. The predicted molar refractivity (Wildman–Crippen MR) is 79.0 cm³/mol. The Bertz CT molecular complexity index is 286. The lowest BCUT2D eigenvalue weighted by molar-refractivity contribution is -0.144. The first-order chi connectivity index (χ1) is 8.67. The molecule has 1 aliphatic carbocycles. The van der Waals surface area contributed by atoms with Crippen LogP contribution in [0.15, 0.2) is 0 Å². The predicted octanol–water partition coefficient (Wildman–Crippen LogP) is 4.12. The lowest BCUT2D eigenvalue weighted by Crippen LogP contribution is -2.45. The number of carbonyl (C=O) groups excluding carboxylic acids is 1. The zero-order chi connectivity index (χ0) is 13.0. The summed E-state index contributed by atoms with van der Waals surface area (Å²) in [5.74, 6) is 0.458. The number of likely N-dealkylation sites (tertiary alicyclic amines) is 1. The third-order valence-corrected chi connectivity index (χ3v) is 5.34. The van der Waals surface area contributed by atoms with Gasteiger partial charge in [0.15, 0.2) is 0 Å². The lowest BCUT2D eigenvalue weighted by Gasteiger charge is -2.38. The molecule has 2 fully saturated rings. The topological polar surface area (TPSA) is 20.3 Å². The molecule has 1 unspecified atom stereocenters. The molecule has 1 atom stereocenters. The number of hydrogen-bond acceptors (Lipinski definition) is 1. The Hall–Kier alpha value is -0.0500. The van der Waals surface area contributed by atoms with E-state index in [2.05, 4.69) is 27.8 Å². The molecular formula is C15H26BrNO. The second kappa shape index (κ2) is 6.40. The SMILES string of the molecule is CC1(C(=O)N2CCCC2CCCBr)CCCCC1. The molecule has 2 nitrogen and oxygen atoms in total. The molecule has 0 N–H and O–H groups in total. The van der Waals surface area contributed by atoms with Crippen LogP contribution in [0.5, 0.6) is 0 Å². The molecule has 0 spiro atoms. The van der Waals surface area contributed by atoms with Crippen LogP contribution >= 0.6 is 15.9 Å². The van der Waals surface area contributed by atoms with Gasteiger partial charge in [0, 0.05) is 23.3 Å². The first-order valence-corrected chi connectivity index (χ1v) is 8.66. The van der Waals surface area contributed by atoms with E-state index in [4.69, 9.17) is 0 Å². The van der Waals surface area contributed by atoms with E-state index < -0.39 is 0 Å². The number of nitrogens with zero attached hydrogens (tertiary/aromatic N) is 1. The van der Waals surface area contributed by atoms with Gasteiger partial charge in [0.25, 0.3) is 0 Å². The molecule has 0 bridgehead atoms. The molecule has 3 heteroatoms. The molecule has 104 valence electrons. The molecule has 1 saturated carbocycles. The van der Waals surface area contributed by atoms with Crippen molar-refractivity contribution in [3.8, 4) is 0 Å². The first kappa shape index (κ1) is 14.4. The molecule has 18 heavy (non-hydrogen) atoms. The monoisotopic (exact) mass is 315 g/mol. The summed E-state index contributed by atoms with van der Waals surface area (Å²) in [6.07, 6.45) is 10.8. The van der Waals surface area contributed by atoms with Crippen molar-refractivity contribution in [1.82, 2.24) is 4.90 Å². The van der Waals surface area contributed by atoms with Crippen LogP contribution in [-0.4, -0.2) is 28.7 Å². The van der Waals surface area contributed by atoms with E-state index in [0.717, 1.165) is 24.7 Å². The van der Waals surface area contributed by atoms with Crippen LogP contribution < -0.4 is 0 Å². The Labute approximate surface area is 120 Å². The third-order valence-electron chi connectivity index (χ3n) is 4.78. The maximum Gasteiger partial charge on any atom is 0.228 e. The molecule has 1 amide bonds. The summed E-state index contributed by atoms with van der Waals surface area (Å²) >= 11 is 3.50. The third kappa shape index (κ3) is 3.09. The Kier molecular flexibility index (Phi) is 5.11. The smallest absolute Gasteiger partial charge is 0.228 e. The highest BCUT2D eigenvalue weighted by atomic mass is 79.9. The molecule has 0 aromatic rings. The minimum absolute atomic E-state index is 0.0464. The maximum absolute atomic E-state index is 12.8. The van der Waals surface area contributed by atoms with E-state index in [9.17, 15) is 4.79 Å². The van der Waals surface area contributed by atoms with Crippen molar-refractivity contribution < 1.29 is 4.79 Å². The summed E-state index contributed by atoms with van der Waals surface area (Å²) in [6.45, 7) is 3.20. The minimum Gasteiger partial charge on any atom is -0.339 e. The van der Waals surface area contributed by atoms with Gasteiger partial charge in [-0.25, -0.2) is 0 Å². The van der Waals surface area contributed by atoms with E-state index in [-0.39, 0.29) is 5.41 Å². The van der Waals surface area contributed by atoms with Crippen LogP contribution in [0.25, 0.3) is 0 Å². The highest BCUT2D eigenvalue weighted by molar-refractivity contribution is 9.09. The van der Waals surface area contributed by atoms with Crippen LogP contribution in [0.4, 0.5) is 0 Å². The molecule has 1 heterocycles. The van der Waals surface area contributed by atoms with Crippen molar-refractivity contribution in [1.29, 1.82) is 0 Å². The molecule has 0 aromatic heterocycles. The van der Waals surface area contributed by atoms with Crippen molar-refractivity contribution in [2.24, 2.45) is 5.41 Å². The van der Waals surface area contributed by atoms with Gasteiger partial charge in [0.1, 0.15) is 0 Å². The molecular weight excluding hydrogens is 290 g/mol. The van der Waals surface area contributed by atoms with Crippen LogP contribution in [-0.2, 0) is 4.79 Å². The van der Waals surface area contributed by atoms with Gasteiger partial charge in [0.05, 0.1) is 0 Å². The van der Waals surface area contributed by atoms with Crippen molar-refractivity contribution in [2.45, 2.75) is 70.8 Å². The number of halogens is 1. The normalized spacial score (nSPS) is 27.4. The second-order valence-corrected chi connectivity index (χ2v) is 7.04. The highest BCUT2D eigenvalue weighted by Gasteiger charge is 2.40. The number of amides is 1. The van der Waals surface area contributed by atoms with Gasteiger partial charge >= 0.3 is 0 Å². The summed E-state index contributed by atoms with van der Waals surface area (Å²) in [5.41, 5.74) is -0.0464. The number of hydrogen-bond donors (Lipinski definition) is 0. The van der Waals surface area contributed by atoms with Gasteiger partial charge in [-0.2, -0.15) is 0 Å². The average molecular weight is 316 g/mol. The van der Waals surface area contributed by atoms with Gasteiger partial charge in [-0.05, 0) is 38.5 Å². The van der Waals surface area contributed by atoms with E-state index in [1.54, 1.807) is 0 Å². The molecule has 1 aliphatic heterocycles. The number of carbonyl (C=O) groups is 1. The Balaban J connectivity index is 1.98. The van der Waals surface area contributed by atoms with Crippen molar-refractivity contribution in [3.05, 3.63) is 0 Å². The lowest BCUT2D eigenvalue weighted by atomic mass is 9.74. The molecule has 0 aromatic carbocycles.